The number of nitrogens with zero attached hydrogens (tertiary/aromatic N) is 3. The molecule has 20 heavy (non-hydrogen) atoms. The number of pyridine rings is 1. The fourth-order valence-corrected chi connectivity index (χ4v) is 3.41. The van der Waals surface area contributed by atoms with Crippen molar-refractivity contribution in [3.63, 3.8) is 0 Å². The highest BCUT2D eigenvalue weighted by molar-refractivity contribution is 9.10. The number of hydrogen-bond donors (Lipinski definition) is 0. The van der Waals surface area contributed by atoms with Crippen molar-refractivity contribution in [2.75, 3.05) is 33.3 Å². The Bertz CT molecular complexity index is 511. The quantitative estimate of drug-likeness (QED) is 0.775. The minimum absolute atomic E-state index is 0.0628. The lowest BCUT2D eigenvalue weighted by Crippen LogP contribution is -2.60. The van der Waals surface area contributed by atoms with Gasteiger partial charge in [0.25, 0.3) is 5.91 Å². The third kappa shape index (κ3) is 2.60. The van der Waals surface area contributed by atoms with Crippen molar-refractivity contribution < 1.29 is 9.53 Å². The third-order valence-electron chi connectivity index (χ3n) is 4.05. The van der Waals surface area contributed by atoms with Gasteiger partial charge in [0.1, 0.15) is 0 Å². The Balaban J connectivity index is 1.84. The van der Waals surface area contributed by atoms with Gasteiger partial charge in [-0.25, -0.2) is 0 Å². The summed E-state index contributed by atoms with van der Waals surface area (Å²) in [4.78, 5) is 21.0. The summed E-state index contributed by atoms with van der Waals surface area (Å²) in [7, 11) is 2.09. The molecule has 0 aliphatic carbocycles. The average Bonchev–Trinajstić information content (AvgIpc) is 2.46. The number of hydrogen-bond acceptors (Lipinski definition) is 4. The van der Waals surface area contributed by atoms with Crippen LogP contribution in [0.25, 0.3) is 0 Å². The highest BCUT2D eigenvalue weighted by Crippen LogP contribution is 2.25. The van der Waals surface area contributed by atoms with Crippen molar-refractivity contribution >= 4 is 21.8 Å². The molecule has 2 atom stereocenters. The molecule has 0 unspecified atom stereocenters. The van der Waals surface area contributed by atoms with Gasteiger partial charge in [-0.3, -0.25) is 9.78 Å². The van der Waals surface area contributed by atoms with Crippen molar-refractivity contribution in [3.8, 4) is 0 Å². The minimum atomic E-state index is 0.0628. The molecule has 2 aliphatic heterocycles. The summed E-state index contributed by atoms with van der Waals surface area (Å²) in [6.45, 7) is 3.18. The zero-order valence-corrected chi connectivity index (χ0v) is 13.0. The molecule has 1 aromatic heterocycles. The first-order chi connectivity index (χ1) is 9.66. The van der Waals surface area contributed by atoms with Gasteiger partial charge in [-0.15, -0.1) is 0 Å². The van der Waals surface area contributed by atoms with Crippen LogP contribution in [-0.4, -0.2) is 66.1 Å². The number of ether oxygens (including phenoxy) is 1. The van der Waals surface area contributed by atoms with Crippen LogP contribution in [0.1, 0.15) is 16.8 Å². The summed E-state index contributed by atoms with van der Waals surface area (Å²) in [5, 5.41) is 0. The summed E-state index contributed by atoms with van der Waals surface area (Å²) in [5.74, 6) is 0.0628. The second kappa shape index (κ2) is 5.79. The molecule has 2 saturated heterocycles. The van der Waals surface area contributed by atoms with Crippen LogP contribution in [-0.2, 0) is 4.74 Å². The largest absolute Gasteiger partial charge is 0.374 e. The average molecular weight is 340 g/mol. The normalized spacial score (nSPS) is 27.2. The number of likely N-dealkylation sites (tertiary alicyclic amines) is 1. The summed E-state index contributed by atoms with van der Waals surface area (Å²) in [6, 6.07) is 1.92. The standard InChI is InChI=1S/C14H18BrN3O2/c1-17-5-3-13-12(9-17)18(6-7-20-13)14(19)10-2-4-16-8-11(10)15/h2,4,8,12-13H,3,5-7,9H2,1H3/t12-,13+/m0/s1. The topological polar surface area (TPSA) is 45.7 Å². The van der Waals surface area contributed by atoms with Gasteiger partial charge in [-0.05, 0) is 35.5 Å². The van der Waals surface area contributed by atoms with E-state index in [9.17, 15) is 4.79 Å². The van der Waals surface area contributed by atoms with Gasteiger partial charge in [-0.2, -0.15) is 0 Å². The van der Waals surface area contributed by atoms with Crippen molar-refractivity contribution in [2.24, 2.45) is 0 Å². The zero-order chi connectivity index (χ0) is 14.1. The van der Waals surface area contributed by atoms with Crippen LogP contribution in [0.5, 0.6) is 0 Å². The van der Waals surface area contributed by atoms with E-state index in [-0.39, 0.29) is 18.1 Å². The van der Waals surface area contributed by atoms with E-state index < -0.39 is 0 Å². The molecule has 0 radical (unpaired) electrons. The highest BCUT2D eigenvalue weighted by atomic mass is 79.9. The molecule has 3 rings (SSSR count). The van der Waals surface area contributed by atoms with Gasteiger partial charge >= 0.3 is 0 Å². The molecular weight excluding hydrogens is 322 g/mol. The number of amides is 1. The first kappa shape index (κ1) is 14.0. The maximum absolute atomic E-state index is 12.8. The Hall–Kier alpha value is -0.980. The number of piperidine rings is 1. The van der Waals surface area contributed by atoms with Gasteiger partial charge in [0.05, 0.1) is 24.3 Å². The first-order valence-corrected chi connectivity index (χ1v) is 7.67. The number of morpholine rings is 1. The lowest BCUT2D eigenvalue weighted by Gasteiger charge is -2.46. The number of halogens is 1. The fourth-order valence-electron chi connectivity index (χ4n) is 2.99. The predicted molar refractivity (Wildman–Crippen MR) is 78.6 cm³/mol. The lowest BCUT2D eigenvalue weighted by molar-refractivity contribution is -0.0870. The van der Waals surface area contributed by atoms with Crippen molar-refractivity contribution in [1.29, 1.82) is 0 Å². The van der Waals surface area contributed by atoms with E-state index in [0.29, 0.717) is 18.7 Å². The highest BCUT2D eigenvalue weighted by Gasteiger charge is 2.38. The molecule has 0 saturated carbocycles. The van der Waals surface area contributed by atoms with Gasteiger partial charge in [-0.1, -0.05) is 0 Å². The summed E-state index contributed by atoms with van der Waals surface area (Å²) in [5.41, 5.74) is 0.675. The van der Waals surface area contributed by atoms with E-state index in [1.54, 1.807) is 18.5 Å². The third-order valence-corrected chi connectivity index (χ3v) is 4.68. The summed E-state index contributed by atoms with van der Waals surface area (Å²) in [6.07, 6.45) is 4.48. The van der Waals surface area contributed by atoms with E-state index in [2.05, 4.69) is 32.9 Å². The molecular formula is C14H18BrN3O2. The van der Waals surface area contributed by atoms with E-state index in [0.717, 1.165) is 24.0 Å². The lowest BCUT2D eigenvalue weighted by atomic mass is 9.98. The van der Waals surface area contributed by atoms with Crippen LogP contribution in [0.4, 0.5) is 0 Å². The Morgan fingerprint density at radius 3 is 3.15 bits per heavy atom. The van der Waals surface area contributed by atoms with Crippen LogP contribution in [0.3, 0.4) is 0 Å². The number of fused-ring (bicyclic) bond motifs is 1. The molecule has 2 aliphatic rings. The molecule has 0 bridgehead atoms. The number of aromatic nitrogens is 1. The predicted octanol–water partition coefficient (Wildman–Crippen LogP) is 1.39. The van der Waals surface area contributed by atoms with Crippen LogP contribution in [0.15, 0.2) is 22.9 Å². The molecule has 0 spiro atoms. The van der Waals surface area contributed by atoms with Crippen LogP contribution >= 0.6 is 15.9 Å². The Labute approximate surface area is 127 Å². The van der Waals surface area contributed by atoms with E-state index in [1.807, 2.05) is 4.90 Å². The monoisotopic (exact) mass is 339 g/mol. The van der Waals surface area contributed by atoms with Crippen LogP contribution in [0.2, 0.25) is 0 Å². The second-order valence-corrected chi connectivity index (χ2v) is 6.24. The van der Waals surface area contributed by atoms with Gasteiger partial charge in [0.2, 0.25) is 0 Å². The Morgan fingerprint density at radius 2 is 2.35 bits per heavy atom. The number of rotatable bonds is 1. The van der Waals surface area contributed by atoms with E-state index >= 15 is 0 Å². The maximum Gasteiger partial charge on any atom is 0.255 e. The molecule has 108 valence electrons. The molecule has 6 heteroatoms. The SMILES string of the molecule is CN1CC[C@H]2OCCN(C(=O)c3ccncc3Br)[C@H]2C1. The summed E-state index contributed by atoms with van der Waals surface area (Å²) >= 11 is 3.41. The molecule has 3 heterocycles. The van der Waals surface area contributed by atoms with E-state index in [1.165, 1.54) is 0 Å². The summed E-state index contributed by atoms with van der Waals surface area (Å²) < 4.78 is 6.58. The van der Waals surface area contributed by atoms with Gasteiger partial charge < -0.3 is 14.5 Å². The maximum atomic E-state index is 12.8. The number of carbonyl (C=O) groups excluding carboxylic acids is 1. The van der Waals surface area contributed by atoms with Crippen molar-refractivity contribution in [2.45, 2.75) is 18.6 Å². The number of likely N-dealkylation sites (N-methyl/N-ethyl adjacent to an activating group) is 1. The van der Waals surface area contributed by atoms with Crippen LogP contribution in [0, 0.1) is 0 Å². The number of carbonyl (C=O) groups is 1. The molecule has 2 fully saturated rings. The molecule has 0 N–H and O–H groups in total. The molecule has 1 amide bonds. The Morgan fingerprint density at radius 1 is 1.50 bits per heavy atom. The molecule has 0 aromatic carbocycles. The van der Waals surface area contributed by atoms with Crippen molar-refractivity contribution in [3.05, 3.63) is 28.5 Å². The zero-order valence-electron chi connectivity index (χ0n) is 11.5. The van der Waals surface area contributed by atoms with Crippen LogP contribution < -0.4 is 0 Å². The molecule has 1 aromatic rings. The first-order valence-electron chi connectivity index (χ1n) is 6.87. The second-order valence-electron chi connectivity index (χ2n) is 5.38. The van der Waals surface area contributed by atoms with Crippen molar-refractivity contribution in [1.82, 2.24) is 14.8 Å². The smallest absolute Gasteiger partial charge is 0.255 e. The molecule has 5 nitrogen and oxygen atoms in total. The fraction of sp³-hybridized carbons (Fsp3) is 0.571. The van der Waals surface area contributed by atoms with E-state index in [4.69, 9.17) is 4.74 Å². The van der Waals surface area contributed by atoms with Gasteiger partial charge in [0.15, 0.2) is 0 Å². The van der Waals surface area contributed by atoms with Gasteiger partial charge in [0, 0.05) is 36.5 Å². The Kier molecular flexibility index (Phi) is 4.05. The minimum Gasteiger partial charge on any atom is -0.374 e.